The van der Waals surface area contributed by atoms with Gasteiger partial charge in [-0.25, -0.2) is 8.78 Å². The van der Waals surface area contributed by atoms with Gasteiger partial charge in [0.15, 0.2) is 11.2 Å². The molecule has 12 heavy (non-hydrogen) atoms. The van der Waals surface area contributed by atoms with E-state index in [1.54, 1.807) is 0 Å². The quantitative estimate of drug-likeness (QED) is 0.503. The molecule has 1 atom stereocenters. The summed E-state index contributed by atoms with van der Waals surface area (Å²) in [6, 6.07) is 0. The van der Waals surface area contributed by atoms with Crippen LogP contribution in [0.25, 0.3) is 0 Å². The van der Waals surface area contributed by atoms with E-state index in [1.807, 2.05) is 0 Å². The van der Waals surface area contributed by atoms with Gasteiger partial charge in [0, 0.05) is 5.92 Å². The second kappa shape index (κ2) is 3.47. The Hall–Kier alpha value is -0.510. The molecule has 0 spiro atoms. The Balaban J connectivity index is 2.50. The van der Waals surface area contributed by atoms with Crippen LogP contribution in [0.2, 0.25) is 0 Å². The van der Waals surface area contributed by atoms with Gasteiger partial charge in [-0.05, 0) is 12.8 Å². The van der Waals surface area contributed by atoms with Crippen LogP contribution in [-0.4, -0.2) is 23.4 Å². The highest BCUT2D eigenvalue weighted by atomic mass is 35.5. The number of halogens is 3. The Kier molecular flexibility index (Phi) is 2.77. The van der Waals surface area contributed by atoms with Crippen molar-refractivity contribution in [3.63, 3.8) is 0 Å². The highest BCUT2D eigenvalue weighted by Gasteiger charge is 2.39. The Bertz CT molecular complexity index is 199. The molecule has 2 nitrogen and oxygen atoms in total. The van der Waals surface area contributed by atoms with E-state index in [1.165, 1.54) is 0 Å². The predicted octanol–water partition coefficient (Wildman–Crippen LogP) is 1.41. The molecule has 0 aliphatic heterocycles. The lowest BCUT2D eigenvalue weighted by atomic mass is 10.1. The number of Topliss-reactive ketones (excluding diaryl/α,β-unsaturated/α-hetero) is 2. The van der Waals surface area contributed by atoms with Gasteiger partial charge in [0.2, 0.25) is 5.78 Å². The van der Waals surface area contributed by atoms with Crippen molar-refractivity contribution in [3.05, 3.63) is 0 Å². The van der Waals surface area contributed by atoms with Gasteiger partial charge in [-0.2, -0.15) is 0 Å². The lowest BCUT2D eigenvalue weighted by Crippen LogP contribution is -2.30. The van der Waals surface area contributed by atoms with Crippen molar-refractivity contribution in [3.8, 4) is 0 Å². The Morgan fingerprint density at radius 3 is 2.17 bits per heavy atom. The molecule has 1 unspecified atom stereocenters. The number of rotatable bonds is 4. The van der Waals surface area contributed by atoms with Gasteiger partial charge in [0.25, 0.3) is 6.43 Å². The number of hydrogen-bond donors (Lipinski definition) is 0. The van der Waals surface area contributed by atoms with Crippen LogP contribution in [0.4, 0.5) is 8.78 Å². The van der Waals surface area contributed by atoms with Crippen molar-refractivity contribution in [2.45, 2.75) is 24.6 Å². The smallest absolute Gasteiger partial charge is 0.297 e. The molecular weight excluding hydrogens is 190 g/mol. The maximum absolute atomic E-state index is 11.7. The topological polar surface area (TPSA) is 34.1 Å². The van der Waals surface area contributed by atoms with Crippen molar-refractivity contribution >= 4 is 23.2 Å². The van der Waals surface area contributed by atoms with Crippen LogP contribution < -0.4 is 0 Å². The summed E-state index contributed by atoms with van der Waals surface area (Å²) in [7, 11) is 0. The number of carbonyl (C=O) groups excluding carboxylic acids is 2. The van der Waals surface area contributed by atoms with Crippen molar-refractivity contribution in [1.82, 2.24) is 0 Å². The number of ketones is 2. The molecule has 0 heterocycles. The highest BCUT2D eigenvalue weighted by molar-refractivity contribution is 6.42. The predicted molar refractivity (Wildman–Crippen MR) is 38.4 cm³/mol. The van der Waals surface area contributed by atoms with E-state index in [0.29, 0.717) is 12.8 Å². The lowest BCUT2D eigenvalue weighted by Gasteiger charge is -2.04. The molecule has 5 heteroatoms. The van der Waals surface area contributed by atoms with Gasteiger partial charge >= 0.3 is 0 Å². The molecule has 1 aliphatic carbocycles. The molecule has 0 aromatic rings. The van der Waals surface area contributed by atoms with Crippen molar-refractivity contribution in [2.75, 3.05) is 0 Å². The third-order valence-electron chi connectivity index (χ3n) is 1.69. The summed E-state index contributed by atoms with van der Waals surface area (Å²) in [6.07, 6.45) is -1.81. The zero-order chi connectivity index (χ0) is 9.30. The van der Waals surface area contributed by atoms with Crippen LogP contribution in [0, 0.1) is 5.92 Å². The van der Waals surface area contributed by atoms with E-state index in [0.717, 1.165) is 0 Å². The lowest BCUT2D eigenvalue weighted by molar-refractivity contribution is -0.134. The first kappa shape index (κ1) is 9.58. The van der Waals surface area contributed by atoms with Crippen LogP contribution in [0.3, 0.4) is 0 Å². The molecule has 1 saturated carbocycles. The summed E-state index contributed by atoms with van der Waals surface area (Å²) in [5, 5.41) is -1.64. The minimum Gasteiger partial charge on any atom is -0.297 e. The maximum atomic E-state index is 11.7. The average molecular weight is 197 g/mol. The molecule has 1 rings (SSSR count). The van der Waals surface area contributed by atoms with Gasteiger partial charge < -0.3 is 0 Å². The van der Waals surface area contributed by atoms with Gasteiger partial charge in [-0.3, -0.25) is 9.59 Å². The molecular formula is C7H7ClF2O2. The molecule has 0 N–H and O–H groups in total. The molecule has 1 fully saturated rings. The number of hydrogen-bond acceptors (Lipinski definition) is 2. The van der Waals surface area contributed by atoms with Gasteiger partial charge in [-0.15, -0.1) is 11.6 Å². The van der Waals surface area contributed by atoms with E-state index >= 15 is 0 Å². The Morgan fingerprint density at radius 1 is 1.33 bits per heavy atom. The normalized spacial score (nSPS) is 19.3. The first-order valence-electron chi connectivity index (χ1n) is 3.53. The maximum Gasteiger partial charge on any atom is 0.297 e. The zero-order valence-electron chi connectivity index (χ0n) is 6.10. The third kappa shape index (κ3) is 2.00. The van der Waals surface area contributed by atoms with E-state index in [2.05, 4.69) is 0 Å². The summed E-state index contributed by atoms with van der Waals surface area (Å²) in [5.41, 5.74) is 0. The second-order valence-corrected chi connectivity index (χ2v) is 3.18. The van der Waals surface area contributed by atoms with Crippen LogP contribution in [0.15, 0.2) is 0 Å². The average Bonchev–Trinajstić information content (AvgIpc) is 2.82. The first-order valence-corrected chi connectivity index (χ1v) is 3.97. The molecule has 0 radical (unpaired) electrons. The van der Waals surface area contributed by atoms with Crippen molar-refractivity contribution in [2.24, 2.45) is 5.92 Å². The van der Waals surface area contributed by atoms with Gasteiger partial charge in [0.1, 0.15) is 0 Å². The van der Waals surface area contributed by atoms with Crippen LogP contribution >= 0.6 is 11.6 Å². The fourth-order valence-corrected chi connectivity index (χ4v) is 1.10. The minimum atomic E-state index is -3.14. The zero-order valence-corrected chi connectivity index (χ0v) is 6.85. The molecule has 68 valence electrons. The molecule has 0 aromatic carbocycles. The van der Waals surface area contributed by atoms with Gasteiger partial charge in [0.05, 0.1) is 0 Å². The van der Waals surface area contributed by atoms with Gasteiger partial charge in [-0.1, -0.05) is 0 Å². The van der Waals surface area contributed by atoms with Crippen LogP contribution in [0.5, 0.6) is 0 Å². The van der Waals surface area contributed by atoms with Crippen molar-refractivity contribution in [1.29, 1.82) is 0 Å². The second-order valence-electron chi connectivity index (χ2n) is 2.74. The molecule has 1 aliphatic rings. The number of carbonyl (C=O) groups is 2. The Morgan fingerprint density at radius 2 is 1.83 bits per heavy atom. The van der Waals surface area contributed by atoms with Crippen LogP contribution in [0.1, 0.15) is 12.8 Å². The van der Waals surface area contributed by atoms with Crippen LogP contribution in [-0.2, 0) is 9.59 Å². The minimum absolute atomic E-state index is 0.254. The standard InChI is InChI=1S/C7H7ClF2O2/c8-4(6(12)7(9)10)5(11)3-1-2-3/h3-4,7H,1-2H2. The number of alkyl halides is 3. The highest BCUT2D eigenvalue weighted by Crippen LogP contribution is 2.32. The largest absolute Gasteiger partial charge is 0.297 e. The molecule has 0 amide bonds. The Labute approximate surface area is 72.9 Å². The van der Waals surface area contributed by atoms with E-state index < -0.39 is 23.4 Å². The van der Waals surface area contributed by atoms with Crippen molar-refractivity contribution < 1.29 is 18.4 Å². The first-order chi connectivity index (χ1) is 5.54. The fraction of sp³-hybridized carbons (Fsp3) is 0.714. The molecule has 0 aromatic heterocycles. The fourth-order valence-electron chi connectivity index (χ4n) is 0.826. The summed E-state index contributed by atoms with van der Waals surface area (Å²) >= 11 is 5.23. The van der Waals surface area contributed by atoms with E-state index in [9.17, 15) is 18.4 Å². The van der Waals surface area contributed by atoms with E-state index in [4.69, 9.17) is 11.6 Å². The summed E-state index contributed by atoms with van der Waals surface area (Å²) in [4.78, 5) is 21.5. The molecule has 0 saturated heterocycles. The summed E-state index contributed by atoms with van der Waals surface area (Å²) < 4.78 is 23.5. The molecule has 0 bridgehead atoms. The summed E-state index contributed by atoms with van der Waals surface area (Å²) in [5.74, 6) is -2.29. The summed E-state index contributed by atoms with van der Waals surface area (Å²) in [6.45, 7) is 0. The third-order valence-corrected chi connectivity index (χ3v) is 2.12. The SMILES string of the molecule is O=C(C(F)F)C(Cl)C(=O)C1CC1. The monoisotopic (exact) mass is 196 g/mol. The van der Waals surface area contributed by atoms with E-state index in [-0.39, 0.29) is 5.92 Å².